The van der Waals surface area contributed by atoms with Crippen LogP contribution in [0, 0.1) is 0 Å². The van der Waals surface area contributed by atoms with E-state index in [0.717, 1.165) is 64.3 Å². The van der Waals surface area contributed by atoms with E-state index < -0.39 is 0 Å². The molecule has 0 aliphatic rings. The predicted octanol–water partition coefficient (Wildman–Crippen LogP) is 14.5. The zero-order chi connectivity index (χ0) is 38.3. The summed E-state index contributed by atoms with van der Waals surface area (Å²) in [5.41, 5.74) is 3.23. The smallest absolute Gasteiger partial charge is 0.249 e. The molecule has 0 atom stereocenters. The Morgan fingerprint density at radius 1 is 0.418 bits per heavy atom. The molecule has 2 aromatic heterocycles. The molecular formula is C46H61BrN4O4. The van der Waals surface area contributed by atoms with Crippen molar-refractivity contribution in [2.75, 3.05) is 13.2 Å². The van der Waals surface area contributed by atoms with E-state index >= 15 is 0 Å². The summed E-state index contributed by atoms with van der Waals surface area (Å²) in [6, 6.07) is 21.4. The molecule has 0 spiro atoms. The van der Waals surface area contributed by atoms with Gasteiger partial charge >= 0.3 is 0 Å². The van der Waals surface area contributed by atoms with Crippen molar-refractivity contribution >= 4 is 15.9 Å². The van der Waals surface area contributed by atoms with Gasteiger partial charge < -0.3 is 18.3 Å². The zero-order valence-corrected chi connectivity index (χ0v) is 34.8. The van der Waals surface area contributed by atoms with E-state index in [2.05, 4.69) is 50.2 Å². The average Bonchev–Trinajstić information content (AvgIpc) is 3.91. The van der Waals surface area contributed by atoms with E-state index in [1.54, 1.807) is 0 Å². The topological polar surface area (TPSA) is 96.3 Å². The van der Waals surface area contributed by atoms with Crippen LogP contribution in [0.25, 0.3) is 45.8 Å². The average molecular weight is 814 g/mol. The quantitative estimate of drug-likeness (QED) is 0.0461. The first-order chi connectivity index (χ1) is 27.1. The summed E-state index contributed by atoms with van der Waals surface area (Å²) in [7, 11) is 0. The van der Waals surface area contributed by atoms with Crippen LogP contribution in [0.3, 0.4) is 0 Å². The molecule has 0 bridgehead atoms. The Kier molecular flexibility index (Phi) is 18.8. The summed E-state index contributed by atoms with van der Waals surface area (Å²) in [5.74, 6) is 3.44. The Morgan fingerprint density at radius 3 is 1.18 bits per heavy atom. The highest BCUT2D eigenvalue weighted by Crippen LogP contribution is 2.34. The summed E-state index contributed by atoms with van der Waals surface area (Å²) in [4.78, 5) is 0. The molecule has 55 heavy (non-hydrogen) atoms. The van der Waals surface area contributed by atoms with E-state index in [9.17, 15) is 0 Å². The van der Waals surface area contributed by atoms with Crippen LogP contribution in [0.1, 0.15) is 142 Å². The molecule has 5 aromatic rings. The Hall–Kier alpha value is -3.98. The number of aromatic nitrogens is 4. The highest BCUT2D eigenvalue weighted by molar-refractivity contribution is 9.10. The number of halogens is 1. The first-order valence-corrected chi connectivity index (χ1v) is 21.9. The Morgan fingerprint density at radius 2 is 0.764 bits per heavy atom. The van der Waals surface area contributed by atoms with Crippen molar-refractivity contribution in [3.8, 4) is 57.3 Å². The molecule has 3 aromatic carbocycles. The number of hydrogen-bond acceptors (Lipinski definition) is 8. The molecule has 0 unspecified atom stereocenters. The first kappa shape index (κ1) is 42.2. The molecule has 0 N–H and O–H groups in total. The van der Waals surface area contributed by atoms with Crippen LogP contribution in [-0.4, -0.2) is 33.6 Å². The fourth-order valence-corrected chi connectivity index (χ4v) is 7.22. The van der Waals surface area contributed by atoms with E-state index in [4.69, 9.17) is 18.3 Å². The lowest BCUT2D eigenvalue weighted by Gasteiger charge is -2.07. The molecule has 2 heterocycles. The lowest BCUT2D eigenvalue weighted by atomic mass is 10.1. The van der Waals surface area contributed by atoms with Crippen molar-refractivity contribution in [2.45, 2.75) is 142 Å². The van der Waals surface area contributed by atoms with Crippen molar-refractivity contribution in [2.24, 2.45) is 0 Å². The molecule has 9 heteroatoms. The lowest BCUT2D eigenvalue weighted by Crippen LogP contribution is -1.97. The molecular weight excluding hydrogens is 752 g/mol. The molecule has 5 rings (SSSR count). The second-order valence-corrected chi connectivity index (χ2v) is 15.5. The molecule has 0 aliphatic heterocycles. The van der Waals surface area contributed by atoms with Gasteiger partial charge in [-0.3, -0.25) is 0 Å². The Labute approximate surface area is 337 Å². The minimum atomic E-state index is 0.413. The van der Waals surface area contributed by atoms with E-state index in [-0.39, 0.29) is 0 Å². The molecule has 0 saturated carbocycles. The second kappa shape index (κ2) is 24.5. The largest absolute Gasteiger partial charge is 0.494 e. The third-order valence-electron chi connectivity index (χ3n) is 10.0. The van der Waals surface area contributed by atoms with Gasteiger partial charge in [-0.05, 0) is 95.5 Å². The van der Waals surface area contributed by atoms with Crippen LogP contribution in [0.5, 0.6) is 11.5 Å². The summed E-state index contributed by atoms with van der Waals surface area (Å²) >= 11 is 3.68. The molecule has 296 valence electrons. The molecule has 8 nitrogen and oxygen atoms in total. The van der Waals surface area contributed by atoms with Crippen LogP contribution in [0.4, 0.5) is 0 Å². The van der Waals surface area contributed by atoms with Gasteiger partial charge in [-0.1, -0.05) is 129 Å². The Bertz CT molecular complexity index is 1770. The van der Waals surface area contributed by atoms with E-state index in [0.29, 0.717) is 23.6 Å². The van der Waals surface area contributed by atoms with Crippen molar-refractivity contribution in [1.82, 2.24) is 20.4 Å². The van der Waals surface area contributed by atoms with Crippen LogP contribution in [-0.2, 0) is 0 Å². The number of hydrogen-bond donors (Lipinski definition) is 0. The second-order valence-electron chi connectivity index (χ2n) is 14.6. The van der Waals surface area contributed by atoms with E-state index in [1.165, 1.54) is 116 Å². The standard InChI is InChI=1S/C46H61BrN4O4/c1-3-5-7-9-11-13-15-17-19-21-33-52-39-28-23-36(24-29-39)43-48-50-45(54-43)38-27-32-41(42(47)35-38)46-51-49-44(55-46)37-25-30-40(31-26-37)53-34-22-20-18-16-14-12-10-8-6-4-2/h23-32,35H,3-22,33-34H2,1-2H3. The van der Waals surface area contributed by atoms with Gasteiger partial charge in [0, 0.05) is 21.2 Å². The van der Waals surface area contributed by atoms with Gasteiger partial charge in [0.05, 0.1) is 18.8 Å². The summed E-state index contributed by atoms with van der Waals surface area (Å²) < 4.78 is 24.9. The van der Waals surface area contributed by atoms with Crippen LogP contribution in [0.2, 0.25) is 0 Å². The van der Waals surface area contributed by atoms with Crippen molar-refractivity contribution in [3.05, 3.63) is 71.2 Å². The lowest BCUT2D eigenvalue weighted by molar-refractivity contribution is 0.304. The highest BCUT2D eigenvalue weighted by Gasteiger charge is 2.17. The van der Waals surface area contributed by atoms with Crippen molar-refractivity contribution < 1.29 is 18.3 Å². The van der Waals surface area contributed by atoms with Crippen molar-refractivity contribution in [3.63, 3.8) is 0 Å². The number of nitrogens with zero attached hydrogens (tertiary/aromatic N) is 4. The van der Waals surface area contributed by atoms with Crippen LogP contribution >= 0.6 is 15.9 Å². The Balaban J connectivity index is 1.02. The zero-order valence-electron chi connectivity index (χ0n) is 33.2. The molecule has 0 saturated heterocycles. The number of benzene rings is 3. The molecule has 0 fully saturated rings. The molecule has 0 aliphatic carbocycles. The SMILES string of the molecule is CCCCCCCCCCCCOc1ccc(-c2nnc(-c3ccc(-c4nnc(-c5ccc(OCCCCCCCCCCCC)cc5)o4)c(Br)c3)o2)cc1. The number of unbranched alkanes of at least 4 members (excludes halogenated alkanes) is 18. The van der Waals surface area contributed by atoms with Gasteiger partial charge in [-0.2, -0.15) is 0 Å². The maximum Gasteiger partial charge on any atom is 0.249 e. The monoisotopic (exact) mass is 812 g/mol. The summed E-state index contributed by atoms with van der Waals surface area (Å²) in [6.07, 6.45) is 26.2. The van der Waals surface area contributed by atoms with E-state index in [1.807, 2.05) is 66.7 Å². The van der Waals surface area contributed by atoms with Gasteiger partial charge in [0.15, 0.2) is 0 Å². The first-order valence-electron chi connectivity index (χ1n) is 21.1. The minimum absolute atomic E-state index is 0.413. The molecule has 0 amide bonds. The number of ether oxygens (including phenoxy) is 2. The third-order valence-corrected chi connectivity index (χ3v) is 10.7. The van der Waals surface area contributed by atoms with Crippen LogP contribution < -0.4 is 9.47 Å². The number of rotatable bonds is 28. The summed E-state index contributed by atoms with van der Waals surface area (Å²) in [6.45, 7) is 6.01. The van der Waals surface area contributed by atoms with Gasteiger partial charge in [-0.25, -0.2) is 0 Å². The van der Waals surface area contributed by atoms with Gasteiger partial charge in [0.25, 0.3) is 0 Å². The van der Waals surface area contributed by atoms with Gasteiger partial charge in [0.1, 0.15) is 11.5 Å². The normalized spacial score (nSPS) is 11.3. The van der Waals surface area contributed by atoms with Crippen molar-refractivity contribution in [1.29, 1.82) is 0 Å². The minimum Gasteiger partial charge on any atom is -0.494 e. The summed E-state index contributed by atoms with van der Waals surface area (Å²) in [5, 5.41) is 17.2. The van der Waals surface area contributed by atoms with Gasteiger partial charge in [-0.15, -0.1) is 20.4 Å². The third kappa shape index (κ3) is 14.6. The predicted molar refractivity (Wildman–Crippen MR) is 226 cm³/mol. The maximum atomic E-state index is 6.08. The fraction of sp³-hybridized carbons (Fsp3) is 0.522. The van der Waals surface area contributed by atoms with Gasteiger partial charge in [0.2, 0.25) is 23.6 Å². The highest BCUT2D eigenvalue weighted by atomic mass is 79.9. The van der Waals surface area contributed by atoms with Crippen LogP contribution in [0.15, 0.2) is 80.0 Å². The molecule has 0 radical (unpaired) electrons. The maximum absolute atomic E-state index is 6.08. The fourth-order valence-electron chi connectivity index (χ4n) is 6.67.